The molecule has 1 saturated heterocycles. The molecule has 8 nitrogen and oxygen atoms in total. The number of aliphatic hydroxyl groups excluding tert-OH is 2. The first-order valence-corrected chi connectivity index (χ1v) is 12.4. The summed E-state index contributed by atoms with van der Waals surface area (Å²) in [7, 11) is 1.64. The predicted molar refractivity (Wildman–Crippen MR) is 130 cm³/mol. The zero-order valence-corrected chi connectivity index (χ0v) is 20.8. The van der Waals surface area contributed by atoms with Crippen LogP contribution < -0.4 is 15.0 Å². The molecule has 1 aliphatic heterocycles. The van der Waals surface area contributed by atoms with Gasteiger partial charge in [0.15, 0.2) is 0 Å². The normalized spacial score (nSPS) is 30.8. The van der Waals surface area contributed by atoms with E-state index in [1.165, 1.54) is 0 Å². The predicted octanol–water partition coefficient (Wildman–Crippen LogP) is 1.64. The summed E-state index contributed by atoms with van der Waals surface area (Å²) in [6.45, 7) is 8.34. The molecule has 3 fully saturated rings. The quantitative estimate of drug-likeness (QED) is 0.557. The fraction of sp³-hybridized carbons (Fsp3) is 0.692. The van der Waals surface area contributed by atoms with Gasteiger partial charge in [-0.2, -0.15) is 0 Å². The van der Waals surface area contributed by atoms with E-state index in [0.29, 0.717) is 26.2 Å². The van der Waals surface area contributed by atoms with Crippen molar-refractivity contribution in [1.29, 1.82) is 0 Å². The number of rotatable bonds is 7. The van der Waals surface area contributed by atoms with Crippen molar-refractivity contribution in [3.8, 4) is 5.75 Å². The van der Waals surface area contributed by atoms with Gasteiger partial charge in [-0.1, -0.05) is 32.9 Å². The van der Waals surface area contributed by atoms with Crippen molar-refractivity contribution in [3.05, 3.63) is 24.3 Å². The summed E-state index contributed by atoms with van der Waals surface area (Å²) in [4.78, 5) is 29.8. The molecule has 34 heavy (non-hydrogen) atoms. The second-order valence-electron chi connectivity index (χ2n) is 10.9. The van der Waals surface area contributed by atoms with Crippen molar-refractivity contribution >= 4 is 17.5 Å². The maximum atomic E-state index is 13.1. The zero-order chi connectivity index (χ0) is 24.7. The number of carbonyl (C=O) groups excluding carboxylic acids is 2. The lowest BCUT2D eigenvalue weighted by atomic mass is 9.70. The van der Waals surface area contributed by atoms with Gasteiger partial charge in [-0.3, -0.25) is 9.59 Å². The number of nitrogens with one attached hydrogen (secondary N) is 1. The Balaban J connectivity index is 1.33. The molecule has 0 aromatic heterocycles. The second-order valence-corrected chi connectivity index (χ2v) is 10.9. The number of fused-ring (bicyclic) bond motifs is 2. The standard InChI is InChI=1S/C26H39N3O5/c1-25(2)18-9-10-26(25,3)23(32)17(18)15-22(31)27-19(16-30)24(33)29-13-11-28(12-14-29)20-7-5-6-8-21(20)34-4/h5-8,17-19,23,30,32H,9-16H2,1-4H3,(H,27,31)/t17?,18?,19-,23?,26?/m0/s1. The Bertz CT molecular complexity index is 913. The van der Waals surface area contributed by atoms with Gasteiger partial charge in [-0.05, 0) is 47.6 Å². The minimum absolute atomic E-state index is 0.0231. The summed E-state index contributed by atoms with van der Waals surface area (Å²) in [5.74, 6) is 0.409. The summed E-state index contributed by atoms with van der Waals surface area (Å²) in [5, 5.41) is 23.6. The number of anilines is 1. The monoisotopic (exact) mass is 473 g/mol. The number of methoxy groups -OCH3 is 1. The van der Waals surface area contributed by atoms with Crippen LogP contribution in [0.2, 0.25) is 0 Å². The van der Waals surface area contributed by atoms with E-state index in [4.69, 9.17) is 4.74 Å². The summed E-state index contributed by atoms with van der Waals surface area (Å²) in [6.07, 6.45) is 1.63. The first-order chi connectivity index (χ1) is 16.1. The molecule has 5 atom stereocenters. The molecule has 0 spiro atoms. The minimum atomic E-state index is -0.968. The van der Waals surface area contributed by atoms with Crippen molar-refractivity contribution in [3.63, 3.8) is 0 Å². The van der Waals surface area contributed by atoms with Crippen LogP contribution in [0.4, 0.5) is 5.69 Å². The average molecular weight is 474 g/mol. The molecule has 2 saturated carbocycles. The number of hydrogen-bond donors (Lipinski definition) is 3. The van der Waals surface area contributed by atoms with Crippen molar-refractivity contribution in [1.82, 2.24) is 10.2 Å². The highest BCUT2D eigenvalue weighted by Crippen LogP contribution is 2.68. The van der Waals surface area contributed by atoms with Gasteiger partial charge in [0.25, 0.3) is 0 Å². The number of aliphatic hydroxyl groups is 2. The molecule has 2 aliphatic carbocycles. The van der Waals surface area contributed by atoms with Crippen LogP contribution in [0.3, 0.4) is 0 Å². The molecule has 3 N–H and O–H groups in total. The number of carbonyl (C=O) groups is 2. The van der Waals surface area contributed by atoms with E-state index >= 15 is 0 Å². The van der Waals surface area contributed by atoms with Crippen LogP contribution in [-0.2, 0) is 9.59 Å². The topological polar surface area (TPSA) is 102 Å². The Morgan fingerprint density at radius 2 is 1.85 bits per heavy atom. The number of piperazine rings is 1. The first kappa shape index (κ1) is 24.8. The Labute approximate surface area is 202 Å². The Hall–Kier alpha value is -2.32. The average Bonchev–Trinajstić information content (AvgIpc) is 3.15. The lowest BCUT2D eigenvalue weighted by Crippen LogP contribution is -2.56. The minimum Gasteiger partial charge on any atom is -0.495 e. The van der Waals surface area contributed by atoms with Gasteiger partial charge >= 0.3 is 0 Å². The Kier molecular flexibility index (Phi) is 6.84. The third-order valence-corrected chi connectivity index (χ3v) is 9.20. The lowest BCUT2D eigenvalue weighted by Gasteiger charge is -2.38. The molecule has 1 aromatic rings. The third-order valence-electron chi connectivity index (χ3n) is 9.20. The van der Waals surface area contributed by atoms with E-state index in [2.05, 4.69) is 31.0 Å². The number of ether oxygens (including phenoxy) is 1. The number of para-hydroxylation sites is 2. The number of benzene rings is 1. The highest BCUT2D eigenvalue weighted by Gasteiger charge is 2.65. The van der Waals surface area contributed by atoms with E-state index < -0.39 is 18.8 Å². The molecule has 3 aliphatic rings. The van der Waals surface area contributed by atoms with E-state index in [1.54, 1.807) is 12.0 Å². The number of nitrogens with zero attached hydrogens (tertiary/aromatic N) is 2. The van der Waals surface area contributed by atoms with Crippen molar-refractivity contribution in [2.24, 2.45) is 22.7 Å². The fourth-order valence-corrected chi connectivity index (χ4v) is 6.72. The van der Waals surface area contributed by atoms with E-state index in [0.717, 1.165) is 24.3 Å². The summed E-state index contributed by atoms with van der Waals surface area (Å²) < 4.78 is 5.45. The van der Waals surface area contributed by atoms with Gasteiger partial charge < -0.3 is 30.1 Å². The highest BCUT2D eigenvalue weighted by molar-refractivity contribution is 5.88. The molecule has 188 valence electrons. The van der Waals surface area contributed by atoms with E-state index in [-0.39, 0.29) is 40.9 Å². The highest BCUT2D eigenvalue weighted by atomic mass is 16.5. The number of hydrogen-bond acceptors (Lipinski definition) is 6. The molecular formula is C26H39N3O5. The van der Waals surface area contributed by atoms with Crippen molar-refractivity contribution < 1.29 is 24.5 Å². The smallest absolute Gasteiger partial charge is 0.247 e. The largest absolute Gasteiger partial charge is 0.495 e. The molecule has 2 bridgehead atoms. The zero-order valence-electron chi connectivity index (χ0n) is 20.8. The van der Waals surface area contributed by atoms with Crippen LogP contribution in [0.1, 0.15) is 40.0 Å². The van der Waals surface area contributed by atoms with Crippen LogP contribution >= 0.6 is 0 Å². The summed E-state index contributed by atoms with van der Waals surface area (Å²) in [6, 6.07) is 6.83. The molecule has 1 heterocycles. The van der Waals surface area contributed by atoms with Crippen molar-refractivity contribution in [2.75, 3.05) is 44.8 Å². The second kappa shape index (κ2) is 9.38. The van der Waals surface area contributed by atoms with Crippen molar-refractivity contribution in [2.45, 2.75) is 52.2 Å². The maximum absolute atomic E-state index is 13.1. The van der Waals surface area contributed by atoms with Crippen LogP contribution in [-0.4, -0.2) is 79.0 Å². The summed E-state index contributed by atoms with van der Waals surface area (Å²) in [5.41, 5.74) is 0.783. The summed E-state index contributed by atoms with van der Waals surface area (Å²) >= 11 is 0. The lowest BCUT2D eigenvalue weighted by molar-refractivity contribution is -0.138. The molecule has 0 radical (unpaired) electrons. The fourth-order valence-electron chi connectivity index (χ4n) is 6.72. The number of amides is 2. The van der Waals surface area contributed by atoms with Gasteiger partial charge in [0.2, 0.25) is 11.8 Å². The van der Waals surface area contributed by atoms with Crippen LogP contribution in [0.5, 0.6) is 5.75 Å². The van der Waals surface area contributed by atoms with E-state index in [1.807, 2.05) is 24.3 Å². The first-order valence-electron chi connectivity index (χ1n) is 12.4. The molecule has 2 amide bonds. The molecular weight excluding hydrogens is 434 g/mol. The maximum Gasteiger partial charge on any atom is 0.247 e. The van der Waals surface area contributed by atoms with Gasteiger partial charge in [0, 0.05) is 32.6 Å². The van der Waals surface area contributed by atoms with Gasteiger partial charge in [-0.25, -0.2) is 0 Å². The SMILES string of the molecule is COc1ccccc1N1CCN(C(=O)[C@H](CO)NC(=O)CC2C3CCC(C)(C2O)C3(C)C)CC1. The van der Waals surface area contributed by atoms with Crippen LogP contribution in [0, 0.1) is 22.7 Å². The molecule has 8 heteroatoms. The Morgan fingerprint density at radius 3 is 2.44 bits per heavy atom. The van der Waals surface area contributed by atoms with Gasteiger partial charge in [-0.15, -0.1) is 0 Å². The Morgan fingerprint density at radius 1 is 1.18 bits per heavy atom. The van der Waals surface area contributed by atoms with Crippen LogP contribution in [0.25, 0.3) is 0 Å². The molecule has 4 unspecified atom stereocenters. The molecule has 4 rings (SSSR count). The van der Waals surface area contributed by atoms with Gasteiger partial charge in [0.1, 0.15) is 11.8 Å². The van der Waals surface area contributed by atoms with Gasteiger partial charge in [0.05, 0.1) is 25.5 Å². The van der Waals surface area contributed by atoms with E-state index in [9.17, 15) is 19.8 Å². The molecule has 1 aromatic carbocycles. The third kappa shape index (κ3) is 4.05. The van der Waals surface area contributed by atoms with Crippen LogP contribution in [0.15, 0.2) is 24.3 Å².